The van der Waals surface area contributed by atoms with Crippen molar-refractivity contribution in [2.24, 2.45) is 5.92 Å². The average molecular weight is 613 g/mol. The van der Waals surface area contributed by atoms with Crippen LogP contribution in [0.5, 0.6) is 0 Å². The summed E-state index contributed by atoms with van der Waals surface area (Å²) in [6, 6.07) is 0.230. The van der Waals surface area contributed by atoms with Crippen molar-refractivity contribution >= 4 is 35.3 Å². The molecule has 44 heavy (non-hydrogen) atoms. The highest BCUT2D eigenvalue weighted by molar-refractivity contribution is 5.98. The molecule has 0 bridgehead atoms. The Balaban J connectivity index is 1.31. The number of nitrogens with one attached hydrogen (secondary N) is 3. The minimum absolute atomic E-state index is 0.222. The van der Waals surface area contributed by atoms with E-state index in [4.69, 9.17) is 9.47 Å². The molecule has 3 aliphatic heterocycles. The topological polar surface area (TPSA) is 163 Å². The fraction of sp³-hybridized carbons (Fsp3) is 0.613. The van der Waals surface area contributed by atoms with Crippen molar-refractivity contribution in [1.29, 1.82) is 0 Å². The maximum atomic E-state index is 13.7. The first-order valence-electron chi connectivity index (χ1n) is 15.6. The summed E-state index contributed by atoms with van der Waals surface area (Å²) in [4.78, 5) is 72.4. The lowest BCUT2D eigenvalue weighted by molar-refractivity contribution is -0.145. The van der Waals surface area contributed by atoms with Crippen LogP contribution >= 0.6 is 0 Å². The van der Waals surface area contributed by atoms with Crippen molar-refractivity contribution in [1.82, 2.24) is 25.8 Å². The quantitative estimate of drug-likeness (QED) is 0.159. The summed E-state index contributed by atoms with van der Waals surface area (Å²) in [5.41, 5.74) is 2.40. The summed E-state index contributed by atoms with van der Waals surface area (Å²) in [5.74, 6) is -2.43. The molecule has 0 saturated carbocycles. The Bertz CT molecular complexity index is 1270. The number of carbonyl (C=O) groups is 5. The zero-order valence-electron chi connectivity index (χ0n) is 26.0. The molecule has 2 saturated heterocycles. The Kier molecular flexibility index (Phi) is 11.3. The summed E-state index contributed by atoms with van der Waals surface area (Å²) in [7, 11) is 0. The first kappa shape index (κ1) is 32.9. The van der Waals surface area contributed by atoms with E-state index in [2.05, 4.69) is 20.9 Å². The number of aromatic nitrogens is 1. The number of amides is 4. The number of rotatable bonds is 14. The molecule has 4 amide bonds. The van der Waals surface area contributed by atoms with Crippen LogP contribution in [0.25, 0.3) is 0 Å². The molecule has 1 aromatic heterocycles. The molecule has 0 aliphatic carbocycles. The van der Waals surface area contributed by atoms with E-state index < -0.39 is 42.1 Å². The maximum absolute atomic E-state index is 13.7. The van der Waals surface area contributed by atoms with Crippen LogP contribution in [0.1, 0.15) is 65.4 Å². The summed E-state index contributed by atoms with van der Waals surface area (Å²) < 4.78 is 10.7. The van der Waals surface area contributed by atoms with Crippen molar-refractivity contribution in [3.8, 4) is 0 Å². The van der Waals surface area contributed by atoms with Crippen LogP contribution in [0, 0.1) is 5.92 Å². The number of nitrogens with zero attached hydrogens (tertiary/aromatic N) is 3. The Morgan fingerprint density at radius 2 is 1.84 bits per heavy atom. The second kappa shape index (κ2) is 15.1. The number of carbonyl (C=O) groups excluding carboxylic acids is 5. The van der Waals surface area contributed by atoms with Gasteiger partial charge in [0.2, 0.25) is 11.8 Å². The van der Waals surface area contributed by atoms with Gasteiger partial charge in [-0.15, -0.1) is 0 Å². The van der Waals surface area contributed by atoms with Gasteiger partial charge in [0, 0.05) is 38.5 Å². The highest BCUT2D eigenvalue weighted by atomic mass is 16.6. The van der Waals surface area contributed by atoms with Crippen molar-refractivity contribution < 1.29 is 33.4 Å². The Hall–Kier alpha value is -4.00. The maximum Gasteiger partial charge on any atom is 0.337 e. The predicted octanol–water partition coefficient (Wildman–Crippen LogP) is 1.17. The van der Waals surface area contributed by atoms with Crippen LogP contribution < -0.4 is 20.9 Å². The lowest BCUT2D eigenvalue weighted by Crippen LogP contribution is -2.56. The van der Waals surface area contributed by atoms with Gasteiger partial charge in [-0.2, -0.15) is 0 Å². The van der Waals surface area contributed by atoms with Gasteiger partial charge in [0.25, 0.3) is 11.8 Å². The molecule has 0 spiro atoms. The number of hydrogen-bond acceptors (Lipinski definition) is 9. The number of pyridine rings is 1. The third-order valence-electron chi connectivity index (χ3n) is 8.24. The smallest absolute Gasteiger partial charge is 0.337 e. The summed E-state index contributed by atoms with van der Waals surface area (Å²) in [6.45, 7) is 8.96. The number of likely N-dealkylation sites (tertiary alicyclic amines) is 1. The summed E-state index contributed by atoms with van der Waals surface area (Å²) >= 11 is 0. The van der Waals surface area contributed by atoms with E-state index in [0.717, 1.165) is 30.6 Å². The lowest BCUT2D eigenvalue weighted by atomic mass is 9.97. The highest BCUT2D eigenvalue weighted by Gasteiger charge is 2.51. The minimum Gasteiger partial charge on any atom is -0.441 e. The van der Waals surface area contributed by atoms with E-state index in [0.29, 0.717) is 44.3 Å². The predicted molar refractivity (Wildman–Crippen MR) is 161 cm³/mol. The van der Waals surface area contributed by atoms with E-state index in [1.54, 1.807) is 18.6 Å². The number of fused-ring (bicyclic) bond motifs is 1. The molecule has 0 radical (unpaired) electrons. The minimum atomic E-state index is -0.947. The zero-order chi connectivity index (χ0) is 31.8. The molecule has 0 aromatic carbocycles. The molecule has 13 nitrogen and oxygen atoms in total. The molecule has 2 fully saturated rings. The first-order chi connectivity index (χ1) is 21.2. The van der Waals surface area contributed by atoms with E-state index in [-0.39, 0.29) is 24.5 Å². The monoisotopic (exact) mass is 612 g/mol. The van der Waals surface area contributed by atoms with Crippen molar-refractivity contribution in [2.75, 3.05) is 31.3 Å². The van der Waals surface area contributed by atoms with Crippen LogP contribution in [-0.2, 0) is 39.9 Å². The SMILES string of the molecule is CCCNC(=O)C1OC1C(=O)NC(C(=O)N1CCCC1C(=O)NCOC(=O)C1=CN(CCC)c2cnccc2C1)C(C)CC. The average Bonchev–Trinajstić information content (AvgIpc) is 3.69. The van der Waals surface area contributed by atoms with Gasteiger partial charge in [-0.1, -0.05) is 34.1 Å². The number of ether oxygens (including phenoxy) is 2. The standard InChI is InChI=1S/C31H44N6O7/c1-5-11-33-28(39)25-26(44-25)29(40)35-24(19(4)7-3)30(41)37-14-8-9-22(37)27(38)34-18-43-31(42)21-15-20-10-12-32-16-23(20)36(17-21)13-6-2/h10,12,16-17,19,22,24-26H,5-9,11,13-15,18H2,1-4H3,(H,33,39)(H,34,38)(H,35,40). The van der Waals surface area contributed by atoms with E-state index in [1.165, 1.54) is 4.90 Å². The Morgan fingerprint density at radius 3 is 2.57 bits per heavy atom. The molecule has 3 aliphatic rings. The van der Waals surface area contributed by atoms with Crippen molar-refractivity contribution in [3.63, 3.8) is 0 Å². The van der Waals surface area contributed by atoms with E-state index in [9.17, 15) is 24.0 Å². The molecule has 3 N–H and O–H groups in total. The molecule has 240 valence electrons. The second-order valence-electron chi connectivity index (χ2n) is 11.5. The summed E-state index contributed by atoms with van der Waals surface area (Å²) in [6.07, 6.45) is 7.12. The van der Waals surface area contributed by atoms with Gasteiger partial charge in [-0.3, -0.25) is 24.2 Å². The van der Waals surface area contributed by atoms with Gasteiger partial charge in [-0.25, -0.2) is 4.79 Å². The summed E-state index contributed by atoms with van der Waals surface area (Å²) in [5, 5.41) is 8.12. The normalized spacial score (nSPS) is 21.8. The molecule has 13 heteroatoms. The van der Waals surface area contributed by atoms with Gasteiger partial charge in [0.1, 0.15) is 12.1 Å². The van der Waals surface area contributed by atoms with Gasteiger partial charge in [-0.05, 0) is 43.2 Å². The molecular weight excluding hydrogens is 568 g/mol. The van der Waals surface area contributed by atoms with Crippen molar-refractivity contribution in [2.45, 2.75) is 90.5 Å². The van der Waals surface area contributed by atoms with Crippen LogP contribution in [0.4, 0.5) is 5.69 Å². The van der Waals surface area contributed by atoms with Crippen LogP contribution in [0.2, 0.25) is 0 Å². The van der Waals surface area contributed by atoms with Crippen LogP contribution in [-0.4, -0.2) is 90.1 Å². The molecule has 5 atom stereocenters. The number of esters is 1. The second-order valence-corrected chi connectivity index (χ2v) is 11.5. The third-order valence-corrected chi connectivity index (χ3v) is 8.24. The Labute approximate surface area is 258 Å². The third kappa shape index (κ3) is 7.74. The Morgan fingerprint density at radius 1 is 1.07 bits per heavy atom. The highest BCUT2D eigenvalue weighted by Crippen LogP contribution is 2.29. The van der Waals surface area contributed by atoms with Gasteiger partial charge in [0.15, 0.2) is 18.9 Å². The van der Waals surface area contributed by atoms with Gasteiger partial charge in [0.05, 0.1) is 17.5 Å². The molecule has 1 aromatic rings. The van der Waals surface area contributed by atoms with E-state index in [1.807, 2.05) is 38.7 Å². The van der Waals surface area contributed by atoms with Crippen LogP contribution in [0.15, 0.2) is 30.2 Å². The molecular formula is C31H44N6O7. The fourth-order valence-electron chi connectivity index (χ4n) is 5.53. The number of epoxide rings is 1. The molecule has 4 rings (SSSR count). The number of hydrogen-bond donors (Lipinski definition) is 3. The van der Waals surface area contributed by atoms with E-state index >= 15 is 0 Å². The van der Waals surface area contributed by atoms with Crippen molar-refractivity contribution in [3.05, 3.63) is 35.8 Å². The molecule has 5 unspecified atom stereocenters. The zero-order valence-corrected chi connectivity index (χ0v) is 26.0. The van der Waals surface area contributed by atoms with Gasteiger partial charge < -0.3 is 35.2 Å². The first-order valence-corrected chi connectivity index (χ1v) is 15.6. The molecule has 4 heterocycles. The van der Waals surface area contributed by atoms with Gasteiger partial charge >= 0.3 is 5.97 Å². The number of anilines is 1. The fourth-order valence-corrected chi connectivity index (χ4v) is 5.53. The lowest BCUT2D eigenvalue weighted by Gasteiger charge is -2.31. The largest absolute Gasteiger partial charge is 0.441 e. The van der Waals surface area contributed by atoms with Crippen LogP contribution in [0.3, 0.4) is 0 Å².